The summed E-state index contributed by atoms with van der Waals surface area (Å²) < 4.78 is 12.0. The van der Waals surface area contributed by atoms with Crippen LogP contribution in [0.1, 0.15) is 67.2 Å². The van der Waals surface area contributed by atoms with Crippen molar-refractivity contribution in [3.63, 3.8) is 0 Å². The fourth-order valence-corrected chi connectivity index (χ4v) is 6.57. The third kappa shape index (κ3) is 3.96. The lowest BCUT2D eigenvalue weighted by Gasteiger charge is -2.42. The van der Waals surface area contributed by atoms with E-state index in [9.17, 15) is 19.5 Å². The van der Waals surface area contributed by atoms with Crippen LogP contribution in [0.2, 0.25) is 0 Å². The molecule has 0 aromatic heterocycles. The SMILES string of the molecule is C=CCN(C(=O)C1N([C@@H](CO)C(C)C)C(=O)[C@@H]2[C@@H](C(=O)OCC)[C@@]3(C)CCC12O3)C(C)CCC. The molecule has 1 N–H and O–H groups in total. The monoisotopic (exact) mass is 478 g/mol. The average molecular weight is 479 g/mol. The van der Waals surface area contributed by atoms with Gasteiger partial charge in [0.1, 0.15) is 17.6 Å². The summed E-state index contributed by atoms with van der Waals surface area (Å²) in [7, 11) is 0. The molecule has 0 aromatic rings. The number of carbonyl (C=O) groups excluding carboxylic acids is 3. The Morgan fingerprint density at radius 1 is 1.32 bits per heavy atom. The molecule has 0 aromatic carbocycles. The number of hydrogen-bond donors (Lipinski definition) is 1. The summed E-state index contributed by atoms with van der Waals surface area (Å²) in [5, 5.41) is 10.3. The van der Waals surface area contributed by atoms with Crippen LogP contribution in [0.3, 0.4) is 0 Å². The van der Waals surface area contributed by atoms with Gasteiger partial charge in [0.25, 0.3) is 0 Å². The minimum absolute atomic E-state index is 0.0513. The molecule has 3 unspecified atom stereocenters. The van der Waals surface area contributed by atoms with Crippen LogP contribution in [0.15, 0.2) is 12.7 Å². The number of hydrogen-bond acceptors (Lipinski definition) is 6. The quantitative estimate of drug-likeness (QED) is 0.362. The number of rotatable bonds is 11. The van der Waals surface area contributed by atoms with Crippen LogP contribution in [-0.4, -0.2) is 81.8 Å². The summed E-state index contributed by atoms with van der Waals surface area (Å²) in [6, 6.07) is -1.53. The summed E-state index contributed by atoms with van der Waals surface area (Å²) >= 11 is 0. The normalized spacial score (nSPS) is 33.7. The highest BCUT2D eigenvalue weighted by molar-refractivity contribution is 5.98. The molecule has 0 radical (unpaired) electrons. The number of amides is 2. The van der Waals surface area contributed by atoms with Crippen LogP contribution in [0.5, 0.6) is 0 Å². The standard InChI is InChI=1S/C26H42N2O6/c1-8-11-17(6)27(14-9-2)23(31)21-26-13-12-25(7,34-26)20(24(32)33-10-3)19(26)22(30)28(21)18(15-29)16(4)5/h9,16-21,29H,2,8,10-15H2,1,3-7H3/t17?,18-,19-,20-,21?,25+,26?/m0/s1. The zero-order valence-electron chi connectivity index (χ0n) is 21.6. The number of aliphatic hydroxyl groups is 1. The molecule has 7 atom stereocenters. The number of ether oxygens (including phenoxy) is 2. The summed E-state index contributed by atoms with van der Waals surface area (Å²) in [5.74, 6) is -2.63. The molecule has 2 bridgehead atoms. The van der Waals surface area contributed by atoms with E-state index in [1.165, 1.54) is 0 Å². The van der Waals surface area contributed by atoms with Crippen LogP contribution in [0, 0.1) is 17.8 Å². The van der Waals surface area contributed by atoms with E-state index in [0.717, 1.165) is 12.8 Å². The molecule has 3 heterocycles. The average Bonchev–Trinajstić information content (AvgIpc) is 3.33. The van der Waals surface area contributed by atoms with Gasteiger partial charge in [0, 0.05) is 12.6 Å². The van der Waals surface area contributed by atoms with Crippen LogP contribution in [0.4, 0.5) is 0 Å². The highest BCUT2D eigenvalue weighted by Gasteiger charge is 2.79. The Kier molecular flexibility index (Phi) is 7.82. The van der Waals surface area contributed by atoms with Gasteiger partial charge in [-0.1, -0.05) is 33.3 Å². The van der Waals surface area contributed by atoms with Gasteiger partial charge in [-0.2, -0.15) is 0 Å². The zero-order valence-corrected chi connectivity index (χ0v) is 21.6. The fraction of sp³-hybridized carbons (Fsp3) is 0.808. The lowest BCUT2D eigenvalue weighted by molar-refractivity contribution is -0.162. The van der Waals surface area contributed by atoms with Crippen molar-refractivity contribution < 1.29 is 29.0 Å². The Bertz CT molecular complexity index is 815. The second kappa shape index (κ2) is 9.97. The van der Waals surface area contributed by atoms with Crippen molar-refractivity contribution in [2.45, 2.75) is 96.6 Å². The topological polar surface area (TPSA) is 96.4 Å². The van der Waals surface area contributed by atoms with Crippen molar-refractivity contribution in [2.24, 2.45) is 17.8 Å². The molecule has 0 saturated carbocycles. The second-order valence-electron chi connectivity index (χ2n) is 10.6. The van der Waals surface area contributed by atoms with Crippen molar-refractivity contribution in [3.8, 4) is 0 Å². The van der Waals surface area contributed by atoms with Crippen molar-refractivity contribution in [1.82, 2.24) is 9.80 Å². The zero-order chi connectivity index (χ0) is 25.4. The van der Waals surface area contributed by atoms with E-state index in [4.69, 9.17) is 9.47 Å². The summed E-state index contributed by atoms with van der Waals surface area (Å²) in [6.45, 7) is 15.6. The molecule has 1 spiro atoms. The number of nitrogens with zero attached hydrogens (tertiary/aromatic N) is 2. The first-order chi connectivity index (χ1) is 16.0. The molecule has 3 rings (SSSR count). The van der Waals surface area contributed by atoms with Gasteiger partial charge in [0.2, 0.25) is 11.8 Å². The van der Waals surface area contributed by atoms with E-state index in [1.54, 1.807) is 22.8 Å². The first kappa shape index (κ1) is 26.7. The van der Waals surface area contributed by atoms with Gasteiger partial charge in [0.15, 0.2) is 0 Å². The van der Waals surface area contributed by atoms with Gasteiger partial charge >= 0.3 is 5.97 Å². The molecule has 192 valence electrons. The first-order valence-corrected chi connectivity index (χ1v) is 12.8. The molecular formula is C26H42N2O6. The predicted molar refractivity (Wildman–Crippen MR) is 128 cm³/mol. The van der Waals surface area contributed by atoms with Crippen LogP contribution in [0.25, 0.3) is 0 Å². The lowest BCUT2D eigenvalue weighted by atomic mass is 9.66. The fourth-order valence-electron chi connectivity index (χ4n) is 6.57. The molecular weight excluding hydrogens is 436 g/mol. The highest BCUT2D eigenvalue weighted by atomic mass is 16.6. The van der Waals surface area contributed by atoms with E-state index >= 15 is 0 Å². The predicted octanol–water partition coefficient (Wildman–Crippen LogP) is 2.53. The number of fused-ring (bicyclic) bond motifs is 1. The molecule has 2 amide bonds. The Morgan fingerprint density at radius 2 is 2.00 bits per heavy atom. The maximum atomic E-state index is 14.3. The number of carbonyl (C=O) groups is 3. The van der Waals surface area contributed by atoms with E-state index < -0.39 is 41.1 Å². The molecule has 0 aliphatic carbocycles. The molecule has 3 aliphatic rings. The minimum atomic E-state index is -1.12. The van der Waals surface area contributed by atoms with Crippen molar-refractivity contribution in [2.75, 3.05) is 19.8 Å². The maximum Gasteiger partial charge on any atom is 0.312 e. The van der Waals surface area contributed by atoms with Gasteiger partial charge in [0.05, 0.1) is 30.8 Å². The summed E-state index contributed by atoms with van der Waals surface area (Å²) in [4.78, 5) is 44.7. The Morgan fingerprint density at radius 3 is 2.53 bits per heavy atom. The molecule has 34 heavy (non-hydrogen) atoms. The Hall–Kier alpha value is -1.93. The third-order valence-corrected chi connectivity index (χ3v) is 8.15. The molecule has 3 aliphatic heterocycles. The van der Waals surface area contributed by atoms with Gasteiger partial charge in [-0.15, -0.1) is 6.58 Å². The smallest absolute Gasteiger partial charge is 0.312 e. The van der Waals surface area contributed by atoms with Crippen molar-refractivity contribution in [3.05, 3.63) is 12.7 Å². The third-order valence-electron chi connectivity index (χ3n) is 8.15. The van der Waals surface area contributed by atoms with E-state index in [1.807, 2.05) is 27.7 Å². The summed E-state index contributed by atoms with van der Waals surface area (Å²) in [6.07, 6.45) is 4.49. The lowest BCUT2D eigenvalue weighted by Crippen LogP contribution is -2.60. The van der Waals surface area contributed by atoms with Gasteiger partial charge in [-0.3, -0.25) is 14.4 Å². The van der Waals surface area contributed by atoms with Crippen LogP contribution >= 0.6 is 0 Å². The molecule has 8 nitrogen and oxygen atoms in total. The number of aliphatic hydroxyl groups excluding tert-OH is 1. The van der Waals surface area contributed by atoms with Crippen molar-refractivity contribution >= 4 is 17.8 Å². The number of likely N-dealkylation sites (tertiary alicyclic amines) is 1. The van der Waals surface area contributed by atoms with Crippen LogP contribution < -0.4 is 0 Å². The molecule has 3 saturated heterocycles. The van der Waals surface area contributed by atoms with Gasteiger partial charge in [-0.25, -0.2) is 0 Å². The highest BCUT2D eigenvalue weighted by Crippen LogP contribution is 2.64. The van der Waals surface area contributed by atoms with Gasteiger partial charge < -0.3 is 24.4 Å². The summed E-state index contributed by atoms with van der Waals surface area (Å²) in [5.41, 5.74) is -1.98. The number of esters is 1. The first-order valence-electron chi connectivity index (χ1n) is 12.8. The maximum absolute atomic E-state index is 14.3. The van der Waals surface area contributed by atoms with Crippen molar-refractivity contribution in [1.29, 1.82) is 0 Å². The molecule has 3 fully saturated rings. The van der Waals surface area contributed by atoms with E-state index in [-0.39, 0.29) is 37.0 Å². The minimum Gasteiger partial charge on any atom is -0.466 e. The Balaban J connectivity index is 2.15. The van der Waals surface area contributed by atoms with E-state index in [2.05, 4.69) is 13.5 Å². The second-order valence-corrected chi connectivity index (χ2v) is 10.6. The van der Waals surface area contributed by atoms with Gasteiger partial charge in [-0.05, 0) is 46.0 Å². The molecule has 8 heteroatoms. The van der Waals surface area contributed by atoms with E-state index in [0.29, 0.717) is 19.4 Å². The van der Waals surface area contributed by atoms with Crippen LogP contribution in [-0.2, 0) is 23.9 Å². The Labute approximate surface area is 203 Å². The largest absolute Gasteiger partial charge is 0.466 e.